The molecule has 0 radical (unpaired) electrons. The van der Waals surface area contributed by atoms with Gasteiger partial charge in [-0.2, -0.15) is 0 Å². The molecule has 0 saturated carbocycles. The van der Waals surface area contributed by atoms with Gasteiger partial charge in [0.25, 0.3) is 5.69 Å². The van der Waals surface area contributed by atoms with Crippen molar-refractivity contribution >= 4 is 38.5 Å². The summed E-state index contributed by atoms with van der Waals surface area (Å²) in [6, 6.07) is 4.60. The van der Waals surface area contributed by atoms with E-state index < -0.39 is 11.0 Å². The van der Waals surface area contributed by atoms with Crippen LogP contribution in [0.5, 0.6) is 0 Å². The number of aromatic nitrogens is 1. The Morgan fingerprint density at radius 2 is 2.38 bits per heavy atom. The molecule has 0 aliphatic carbocycles. The van der Waals surface area contributed by atoms with Crippen LogP contribution in [0.25, 0.3) is 10.2 Å². The summed E-state index contributed by atoms with van der Waals surface area (Å²) >= 11 is 1.40. The highest BCUT2D eigenvalue weighted by Gasteiger charge is 2.30. The summed E-state index contributed by atoms with van der Waals surface area (Å²) in [7, 11) is 0. The van der Waals surface area contributed by atoms with Crippen molar-refractivity contribution in [2.45, 2.75) is 25.8 Å². The lowest BCUT2D eigenvalue weighted by atomic mass is 10.2. The molecule has 2 aromatic rings. The van der Waals surface area contributed by atoms with Crippen molar-refractivity contribution < 1.29 is 14.8 Å². The summed E-state index contributed by atoms with van der Waals surface area (Å²) in [5.74, 6) is 0. The number of nitro groups is 1. The van der Waals surface area contributed by atoms with Crippen molar-refractivity contribution in [2.75, 3.05) is 24.5 Å². The monoisotopic (exact) mass is 350 g/mol. The summed E-state index contributed by atoms with van der Waals surface area (Å²) in [6.45, 7) is 3.86. The molecule has 1 amide bonds. The first kappa shape index (κ1) is 16.4. The van der Waals surface area contributed by atoms with Gasteiger partial charge >= 0.3 is 6.09 Å². The number of hydrogen-bond donors (Lipinski definition) is 1. The lowest BCUT2D eigenvalue weighted by Gasteiger charge is -2.28. The number of likely N-dealkylation sites (N-methyl/N-ethyl adjacent to an activating group) is 1. The molecule has 1 aliphatic heterocycles. The molecule has 0 bridgehead atoms. The highest BCUT2D eigenvalue weighted by Crippen LogP contribution is 2.32. The molecule has 128 valence electrons. The minimum Gasteiger partial charge on any atom is -0.465 e. The number of nitro benzene ring substituents is 1. The van der Waals surface area contributed by atoms with E-state index in [1.807, 2.05) is 11.8 Å². The first-order valence-corrected chi connectivity index (χ1v) is 8.60. The number of anilines is 1. The molecule has 1 saturated heterocycles. The van der Waals surface area contributed by atoms with Crippen molar-refractivity contribution in [1.82, 2.24) is 9.88 Å². The summed E-state index contributed by atoms with van der Waals surface area (Å²) < 4.78 is 0.763. The maximum atomic E-state index is 11.3. The SMILES string of the molecule is CCN(CC1CCCN1C(=O)O)c1nc2ccc([N+](=O)[O-])cc2s1. The number of nitrogens with zero attached hydrogens (tertiary/aromatic N) is 4. The molecule has 8 nitrogen and oxygen atoms in total. The lowest BCUT2D eigenvalue weighted by molar-refractivity contribution is -0.384. The number of likely N-dealkylation sites (tertiary alicyclic amines) is 1. The fraction of sp³-hybridized carbons (Fsp3) is 0.467. The Bertz CT molecular complexity index is 778. The van der Waals surface area contributed by atoms with Gasteiger partial charge in [-0.25, -0.2) is 9.78 Å². The molecule has 1 aliphatic rings. The number of carboxylic acid groups (broad SMARTS) is 1. The number of carbonyl (C=O) groups is 1. The molecular formula is C15H18N4O4S. The van der Waals surface area contributed by atoms with Gasteiger partial charge in [-0.15, -0.1) is 0 Å². The highest BCUT2D eigenvalue weighted by atomic mass is 32.1. The standard InChI is InChI=1S/C15H18N4O4S/c1-2-17(9-11-4-3-7-18(11)15(20)21)14-16-12-6-5-10(19(22)23)8-13(12)24-14/h5-6,8,11H,2-4,7,9H2,1H3,(H,20,21). The third-order valence-electron chi connectivity index (χ3n) is 4.28. The molecule has 2 heterocycles. The molecule has 1 atom stereocenters. The third kappa shape index (κ3) is 3.12. The number of amides is 1. The van der Waals surface area contributed by atoms with Crippen molar-refractivity contribution in [1.29, 1.82) is 0 Å². The molecule has 0 spiro atoms. The maximum Gasteiger partial charge on any atom is 0.407 e. The van der Waals surface area contributed by atoms with E-state index in [2.05, 4.69) is 4.98 Å². The van der Waals surface area contributed by atoms with Crippen LogP contribution in [-0.4, -0.2) is 51.7 Å². The van der Waals surface area contributed by atoms with E-state index in [4.69, 9.17) is 0 Å². The van der Waals surface area contributed by atoms with E-state index in [1.54, 1.807) is 6.07 Å². The maximum absolute atomic E-state index is 11.3. The quantitative estimate of drug-likeness (QED) is 0.657. The Kier molecular flexibility index (Phi) is 4.52. The van der Waals surface area contributed by atoms with Gasteiger partial charge < -0.3 is 14.9 Å². The number of non-ortho nitro benzene ring substituents is 1. The Morgan fingerprint density at radius 1 is 1.58 bits per heavy atom. The number of rotatable bonds is 5. The zero-order valence-electron chi connectivity index (χ0n) is 13.2. The van der Waals surface area contributed by atoms with E-state index in [-0.39, 0.29) is 11.7 Å². The molecular weight excluding hydrogens is 332 g/mol. The van der Waals surface area contributed by atoms with Crippen molar-refractivity contribution in [3.63, 3.8) is 0 Å². The molecule has 1 aromatic heterocycles. The third-order valence-corrected chi connectivity index (χ3v) is 5.36. The van der Waals surface area contributed by atoms with E-state index in [1.165, 1.54) is 28.4 Å². The van der Waals surface area contributed by atoms with Crippen LogP contribution in [0.3, 0.4) is 0 Å². The second-order valence-electron chi connectivity index (χ2n) is 5.72. The van der Waals surface area contributed by atoms with Crippen LogP contribution in [0, 0.1) is 10.1 Å². The topological polar surface area (TPSA) is 99.8 Å². The van der Waals surface area contributed by atoms with Gasteiger partial charge in [0.15, 0.2) is 5.13 Å². The summed E-state index contributed by atoms with van der Waals surface area (Å²) in [5, 5.41) is 20.9. The van der Waals surface area contributed by atoms with Gasteiger partial charge in [0.2, 0.25) is 0 Å². The Hall–Kier alpha value is -2.42. The van der Waals surface area contributed by atoms with Crippen molar-refractivity contribution in [3.8, 4) is 0 Å². The number of fused-ring (bicyclic) bond motifs is 1. The summed E-state index contributed by atoms with van der Waals surface area (Å²) in [4.78, 5) is 29.8. The van der Waals surface area contributed by atoms with Crippen LogP contribution >= 0.6 is 11.3 Å². The molecule has 1 fully saturated rings. The fourth-order valence-corrected chi connectivity index (χ4v) is 4.10. The van der Waals surface area contributed by atoms with Crippen LogP contribution in [0.15, 0.2) is 18.2 Å². The number of thiazole rings is 1. The summed E-state index contributed by atoms with van der Waals surface area (Å²) in [5.41, 5.74) is 0.772. The summed E-state index contributed by atoms with van der Waals surface area (Å²) in [6.07, 6.45) is 0.841. The van der Waals surface area contributed by atoms with Gasteiger partial charge in [0, 0.05) is 31.8 Å². The second kappa shape index (κ2) is 6.60. The Balaban J connectivity index is 1.84. The zero-order chi connectivity index (χ0) is 17.3. The van der Waals surface area contributed by atoms with E-state index >= 15 is 0 Å². The van der Waals surface area contributed by atoms with E-state index in [0.717, 1.165) is 28.2 Å². The largest absolute Gasteiger partial charge is 0.465 e. The first-order valence-electron chi connectivity index (χ1n) is 7.79. The molecule has 9 heteroatoms. The van der Waals surface area contributed by atoms with Gasteiger partial charge in [-0.05, 0) is 25.8 Å². The van der Waals surface area contributed by atoms with Crippen LogP contribution < -0.4 is 4.90 Å². The zero-order valence-corrected chi connectivity index (χ0v) is 14.0. The number of benzene rings is 1. The highest BCUT2D eigenvalue weighted by molar-refractivity contribution is 7.22. The predicted molar refractivity (Wildman–Crippen MR) is 91.9 cm³/mol. The smallest absolute Gasteiger partial charge is 0.407 e. The second-order valence-corrected chi connectivity index (χ2v) is 6.73. The molecule has 1 aromatic carbocycles. The van der Waals surface area contributed by atoms with Crippen molar-refractivity contribution in [3.05, 3.63) is 28.3 Å². The average molecular weight is 350 g/mol. The van der Waals surface area contributed by atoms with E-state index in [9.17, 15) is 20.0 Å². The van der Waals surface area contributed by atoms with Gasteiger partial charge in [0.05, 0.1) is 21.2 Å². The lowest BCUT2D eigenvalue weighted by Crippen LogP contribution is -2.42. The predicted octanol–water partition coefficient (Wildman–Crippen LogP) is 3.17. The van der Waals surface area contributed by atoms with Crippen molar-refractivity contribution in [2.24, 2.45) is 0 Å². The van der Waals surface area contributed by atoms with Gasteiger partial charge in [0.1, 0.15) is 0 Å². The molecule has 3 rings (SSSR count). The minimum atomic E-state index is -0.881. The first-order chi connectivity index (χ1) is 11.5. The average Bonchev–Trinajstić information content (AvgIpc) is 3.17. The molecule has 24 heavy (non-hydrogen) atoms. The fourth-order valence-electron chi connectivity index (χ4n) is 3.02. The normalized spacial score (nSPS) is 17.4. The van der Waals surface area contributed by atoms with Gasteiger partial charge in [-0.1, -0.05) is 11.3 Å². The van der Waals surface area contributed by atoms with E-state index in [0.29, 0.717) is 19.6 Å². The van der Waals surface area contributed by atoms with Crippen LogP contribution in [-0.2, 0) is 0 Å². The number of hydrogen-bond acceptors (Lipinski definition) is 6. The van der Waals surface area contributed by atoms with Crippen LogP contribution in [0.4, 0.5) is 15.6 Å². The van der Waals surface area contributed by atoms with Crippen LogP contribution in [0.2, 0.25) is 0 Å². The van der Waals surface area contributed by atoms with Gasteiger partial charge in [-0.3, -0.25) is 10.1 Å². The molecule has 1 unspecified atom stereocenters. The van der Waals surface area contributed by atoms with Crippen LogP contribution in [0.1, 0.15) is 19.8 Å². The molecule has 1 N–H and O–H groups in total. The minimum absolute atomic E-state index is 0.0381. The Labute approximate surface area is 142 Å². The Morgan fingerprint density at radius 3 is 3.04 bits per heavy atom.